The van der Waals surface area contributed by atoms with Crippen LogP contribution in [-0.4, -0.2) is 44.4 Å². The smallest absolute Gasteiger partial charge is 0.258 e. The number of hydrogen-bond acceptors (Lipinski definition) is 4. The van der Waals surface area contributed by atoms with E-state index in [1.54, 1.807) is 28.6 Å². The fraction of sp³-hybridized carbons (Fsp3) is 0.650. The van der Waals surface area contributed by atoms with Gasteiger partial charge in [-0.1, -0.05) is 26.2 Å². The van der Waals surface area contributed by atoms with E-state index in [9.17, 15) is 13.2 Å². The van der Waals surface area contributed by atoms with Crippen molar-refractivity contribution >= 4 is 15.9 Å². The first kappa shape index (κ1) is 20.1. The van der Waals surface area contributed by atoms with Gasteiger partial charge in [-0.3, -0.25) is 4.79 Å². The number of nitrogens with one attached hydrogen (secondary N) is 1. The first-order valence-electron chi connectivity index (χ1n) is 9.97. The molecule has 0 atom stereocenters. The minimum Gasteiger partial charge on any atom is -0.484 e. The van der Waals surface area contributed by atoms with E-state index in [0.29, 0.717) is 24.8 Å². The molecule has 1 aliphatic heterocycles. The van der Waals surface area contributed by atoms with Gasteiger partial charge < -0.3 is 10.1 Å². The maximum absolute atomic E-state index is 12.7. The lowest BCUT2D eigenvalue weighted by Gasteiger charge is -2.29. The Kier molecular flexibility index (Phi) is 6.76. The van der Waals surface area contributed by atoms with Crippen LogP contribution in [0, 0.1) is 5.92 Å². The summed E-state index contributed by atoms with van der Waals surface area (Å²) in [4.78, 5) is 12.3. The highest BCUT2D eigenvalue weighted by molar-refractivity contribution is 7.89. The van der Waals surface area contributed by atoms with Crippen LogP contribution >= 0.6 is 0 Å². The summed E-state index contributed by atoms with van der Waals surface area (Å²) >= 11 is 0. The lowest BCUT2D eigenvalue weighted by Crippen LogP contribution is -2.39. The molecule has 6 nitrogen and oxygen atoms in total. The predicted molar refractivity (Wildman–Crippen MR) is 104 cm³/mol. The van der Waals surface area contributed by atoms with Crippen molar-refractivity contribution in [3.8, 4) is 5.75 Å². The molecule has 7 heteroatoms. The Bertz CT molecular complexity index is 719. The molecule has 0 radical (unpaired) electrons. The number of piperidine rings is 1. The maximum Gasteiger partial charge on any atom is 0.258 e. The monoisotopic (exact) mass is 394 g/mol. The molecule has 2 fully saturated rings. The summed E-state index contributed by atoms with van der Waals surface area (Å²) in [6.07, 6.45) is 7.44. The van der Waals surface area contributed by atoms with Crippen LogP contribution in [0.3, 0.4) is 0 Å². The van der Waals surface area contributed by atoms with Crippen molar-refractivity contribution in [2.24, 2.45) is 5.92 Å². The molecule has 1 aromatic carbocycles. The van der Waals surface area contributed by atoms with Crippen molar-refractivity contribution in [2.75, 3.05) is 19.7 Å². The van der Waals surface area contributed by atoms with E-state index in [1.165, 1.54) is 6.42 Å². The van der Waals surface area contributed by atoms with Crippen molar-refractivity contribution in [1.82, 2.24) is 9.62 Å². The SMILES string of the molecule is CC1CCN(S(=O)(=O)c2ccc(OCC(=O)NC3CCCCC3)cc2)CC1. The lowest BCUT2D eigenvalue weighted by molar-refractivity contribution is -0.124. The highest BCUT2D eigenvalue weighted by Crippen LogP contribution is 2.25. The minimum atomic E-state index is -3.45. The molecule has 1 amide bonds. The molecule has 1 saturated carbocycles. The molecule has 1 aliphatic carbocycles. The summed E-state index contributed by atoms with van der Waals surface area (Å²) < 4.78 is 32.5. The quantitative estimate of drug-likeness (QED) is 0.805. The Labute approximate surface area is 162 Å². The molecular formula is C20H30N2O4S. The van der Waals surface area contributed by atoms with Gasteiger partial charge in [0.2, 0.25) is 10.0 Å². The molecule has 2 aliphatic rings. The number of hydrogen-bond donors (Lipinski definition) is 1. The second-order valence-corrected chi connectivity index (χ2v) is 9.69. The number of rotatable bonds is 6. The molecule has 1 saturated heterocycles. The zero-order valence-electron chi connectivity index (χ0n) is 16.0. The molecule has 0 spiro atoms. The summed E-state index contributed by atoms with van der Waals surface area (Å²) in [5.41, 5.74) is 0. The van der Waals surface area contributed by atoms with Gasteiger partial charge >= 0.3 is 0 Å². The minimum absolute atomic E-state index is 0.0490. The number of carbonyl (C=O) groups excluding carboxylic acids is 1. The Morgan fingerprint density at radius 2 is 1.70 bits per heavy atom. The summed E-state index contributed by atoms with van der Waals surface area (Å²) in [6.45, 7) is 3.25. The molecule has 1 N–H and O–H groups in total. The van der Waals surface area contributed by atoms with Gasteiger partial charge in [0.1, 0.15) is 5.75 Å². The van der Waals surface area contributed by atoms with Crippen LogP contribution in [0.15, 0.2) is 29.2 Å². The van der Waals surface area contributed by atoms with E-state index in [0.717, 1.165) is 38.5 Å². The van der Waals surface area contributed by atoms with Crippen LogP contribution in [0.25, 0.3) is 0 Å². The zero-order chi connectivity index (χ0) is 19.3. The van der Waals surface area contributed by atoms with Gasteiger partial charge in [0.25, 0.3) is 5.91 Å². The van der Waals surface area contributed by atoms with Crippen molar-refractivity contribution < 1.29 is 17.9 Å². The van der Waals surface area contributed by atoms with E-state index in [2.05, 4.69) is 12.2 Å². The second kappa shape index (κ2) is 9.06. The van der Waals surface area contributed by atoms with Gasteiger partial charge in [0.05, 0.1) is 4.90 Å². The molecule has 1 aromatic rings. The van der Waals surface area contributed by atoms with Gasteiger partial charge in [-0.05, 0) is 55.9 Å². The third-order valence-corrected chi connectivity index (χ3v) is 7.46. The first-order valence-corrected chi connectivity index (χ1v) is 11.4. The van der Waals surface area contributed by atoms with Gasteiger partial charge in [-0.25, -0.2) is 8.42 Å². The van der Waals surface area contributed by atoms with Gasteiger partial charge in [-0.2, -0.15) is 4.31 Å². The summed E-state index contributed by atoms with van der Waals surface area (Å²) in [6, 6.07) is 6.61. The molecule has 3 rings (SSSR count). The summed E-state index contributed by atoms with van der Waals surface area (Å²) in [5, 5.41) is 3.00. The molecule has 150 valence electrons. The number of sulfonamides is 1. The van der Waals surface area contributed by atoms with Crippen molar-refractivity contribution in [3.05, 3.63) is 24.3 Å². The number of carbonyl (C=O) groups is 1. The zero-order valence-corrected chi connectivity index (χ0v) is 16.8. The summed E-state index contributed by atoms with van der Waals surface area (Å²) in [5.74, 6) is 0.952. The van der Waals surface area contributed by atoms with Crippen LogP contribution < -0.4 is 10.1 Å². The summed E-state index contributed by atoms with van der Waals surface area (Å²) in [7, 11) is -3.45. The van der Waals surface area contributed by atoms with Crippen LogP contribution in [0.4, 0.5) is 0 Å². The standard InChI is InChI=1S/C20H30N2O4S/c1-16-11-13-22(14-12-16)27(24,25)19-9-7-18(8-10-19)26-15-20(23)21-17-5-3-2-4-6-17/h7-10,16-17H,2-6,11-15H2,1H3,(H,21,23). The fourth-order valence-electron chi connectivity index (χ4n) is 3.75. The lowest BCUT2D eigenvalue weighted by atomic mass is 9.95. The van der Waals surface area contributed by atoms with E-state index in [1.807, 2.05) is 0 Å². The molecule has 1 heterocycles. The number of amides is 1. The Hall–Kier alpha value is -1.60. The van der Waals surface area contributed by atoms with E-state index >= 15 is 0 Å². The molecule has 27 heavy (non-hydrogen) atoms. The van der Waals surface area contributed by atoms with E-state index in [-0.39, 0.29) is 23.5 Å². The average Bonchev–Trinajstić information content (AvgIpc) is 2.68. The number of benzene rings is 1. The molecule has 0 bridgehead atoms. The molecule has 0 aromatic heterocycles. The third kappa shape index (κ3) is 5.45. The first-order chi connectivity index (χ1) is 12.9. The highest BCUT2D eigenvalue weighted by Gasteiger charge is 2.28. The van der Waals surface area contributed by atoms with Crippen LogP contribution in [0.1, 0.15) is 51.9 Å². The number of nitrogens with zero attached hydrogens (tertiary/aromatic N) is 1. The van der Waals surface area contributed by atoms with Crippen molar-refractivity contribution in [1.29, 1.82) is 0 Å². The fourth-order valence-corrected chi connectivity index (χ4v) is 5.22. The van der Waals surface area contributed by atoms with Crippen molar-refractivity contribution in [3.63, 3.8) is 0 Å². The molecule has 0 unspecified atom stereocenters. The highest BCUT2D eigenvalue weighted by atomic mass is 32.2. The topological polar surface area (TPSA) is 75.7 Å². The van der Waals surface area contributed by atoms with Gasteiger partial charge in [-0.15, -0.1) is 0 Å². The van der Waals surface area contributed by atoms with Crippen molar-refractivity contribution in [2.45, 2.75) is 62.8 Å². The van der Waals surface area contributed by atoms with Gasteiger partial charge in [0, 0.05) is 19.1 Å². The predicted octanol–water partition coefficient (Wildman–Crippen LogP) is 2.93. The average molecular weight is 395 g/mol. The van der Waals surface area contributed by atoms with Crippen LogP contribution in [-0.2, 0) is 14.8 Å². The van der Waals surface area contributed by atoms with E-state index in [4.69, 9.17) is 4.74 Å². The normalized spacial score (nSPS) is 20.3. The maximum atomic E-state index is 12.7. The Morgan fingerprint density at radius 3 is 2.33 bits per heavy atom. The van der Waals surface area contributed by atoms with Crippen LogP contribution in [0.5, 0.6) is 5.75 Å². The molecular weight excluding hydrogens is 364 g/mol. The second-order valence-electron chi connectivity index (χ2n) is 7.75. The van der Waals surface area contributed by atoms with Crippen LogP contribution in [0.2, 0.25) is 0 Å². The number of ether oxygens (including phenoxy) is 1. The van der Waals surface area contributed by atoms with Gasteiger partial charge in [0.15, 0.2) is 6.61 Å². The largest absolute Gasteiger partial charge is 0.484 e. The van der Waals surface area contributed by atoms with E-state index < -0.39 is 10.0 Å². The Balaban J connectivity index is 1.51. The third-order valence-electron chi connectivity index (χ3n) is 5.54. The Morgan fingerprint density at radius 1 is 1.07 bits per heavy atom.